The molecule has 0 aliphatic rings. The van der Waals surface area contributed by atoms with Crippen LogP contribution in [-0.2, 0) is 11.8 Å². The lowest BCUT2D eigenvalue weighted by molar-refractivity contribution is -0.119. The van der Waals surface area contributed by atoms with Crippen LogP contribution in [-0.4, -0.2) is 25.4 Å². The maximum absolute atomic E-state index is 11.3. The number of nitrogens with zero attached hydrogens (tertiary/aromatic N) is 4. The molecule has 0 unspecified atom stereocenters. The first-order valence-corrected chi connectivity index (χ1v) is 9.28. The average Bonchev–Trinajstić information content (AvgIpc) is 3.16. The number of imidazole rings is 1. The summed E-state index contributed by atoms with van der Waals surface area (Å²) in [5, 5.41) is 4.19. The molecule has 1 N–H and O–H groups in total. The molecule has 0 saturated heterocycles. The van der Waals surface area contributed by atoms with Crippen molar-refractivity contribution in [3.05, 3.63) is 41.3 Å². The Morgan fingerprint density at radius 1 is 1.35 bits per heavy atom. The molecule has 0 spiro atoms. The third-order valence-corrected chi connectivity index (χ3v) is 5.61. The van der Waals surface area contributed by atoms with Gasteiger partial charge in [-0.25, -0.2) is 15.0 Å². The van der Waals surface area contributed by atoms with Crippen molar-refractivity contribution in [1.29, 1.82) is 0 Å². The van der Waals surface area contributed by atoms with Gasteiger partial charge >= 0.3 is 0 Å². The standard InChI is InChI=1S/C18H16ClN5OS/c1-9(21-10(2)25)11-5-4-6-12(7-11)16-23-14-15-13(8-20-17(14)26-16)22-18(19)24(15)3/h4-9H,1-3H3,(H,21,25)/t9-/m1/s1. The molecule has 1 aromatic carbocycles. The van der Waals surface area contributed by atoms with Crippen LogP contribution in [0.15, 0.2) is 30.5 Å². The quantitative estimate of drug-likeness (QED) is 0.576. The van der Waals surface area contributed by atoms with E-state index in [0.29, 0.717) is 5.28 Å². The van der Waals surface area contributed by atoms with Crippen molar-refractivity contribution in [1.82, 2.24) is 24.8 Å². The topological polar surface area (TPSA) is 72.7 Å². The van der Waals surface area contributed by atoms with Crippen molar-refractivity contribution in [3.8, 4) is 10.6 Å². The molecule has 1 amide bonds. The second-order valence-corrected chi connectivity index (χ2v) is 7.47. The van der Waals surface area contributed by atoms with Crippen molar-refractivity contribution in [3.63, 3.8) is 0 Å². The minimum atomic E-state index is -0.0671. The highest BCUT2D eigenvalue weighted by atomic mass is 35.5. The Kier molecular flexibility index (Phi) is 4.13. The second-order valence-electron chi connectivity index (χ2n) is 6.15. The Morgan fingerprint density at radius 2 is 2.15 bits per heavy atom. The molecule has 6 nitrogen and oxygen atoms in total. The highest BCUT2D eigenvalue weighted by Crippen LogP contribution is 2.34. The van der Waals surface area contributed by atoms with Gasteiger partial charge in [-0.05, 0) is 30.2 Å². The Balaban J connectivity index is 1.82. The fraction of sp³-hybridized carbons (Fsp3) is 0.222. The summed E-state index contributed by atoms with van der Waals surface area (Å²) in [6.07, 6.45) is 1.72. The summed E-state index contributed by atoms with van der Waals surface area (Å²) in [6, 6.07) is 7.96. The van der Waals surface area contributed by atoms with E-state index in [1.165, 1.54) is 18.3 Å². The number of aryl methyl sites for hydroxylation is 1. The molecular weight excluding hydrogens is 370 g/mol. The maximum atomic E-state index is 11.3. The van der Waals surface area contributed by atoms with Gasteiger partial charge in [0.2, 0.25) is 11.2 Å². The van der Waals surface area contributed by atoms with Crippen LogP contribution in [0.4, 0.5) is 0 Å². The van der Waals surface area contributed by atoms with E-state index in [-0.39, 0.29) is 11.9 Å². The SMILES string of the molecule is CC(=O)N[C@H](C)c1cccc(-c2nc3c(ncc4nc(Cl)n(C)c43)s2)c1. The monoisotopic (exact) mass is 385 g/mol. The molecule has 0 fully saturated rings. The molecule has 4 rings (SSSR count). The summed E-state index contributed by atoms with van der Waals surface area (Å²) >= 11 is 7.66. The first-order valence-electron chi connectivity index (χ1n) is 8.09. The number of benzene rings is 1. The van der Waals surface area contributed by atoms with E-state index >= 15 is 0 Å². The van der Waals surface area contributed by atoms with Crippen LogP contribution < -0.4 is 5.32 Å². The zero-order chi connectivity index (χ0) is 18.4. The van der Waals surface area contributed by atoms with Crippen molar-refractivity contribution in [2.75, 3.05) is 0 Å². The van der Waals surface area contributed by atoms with Gasteiger partial charge in [-0.15, -0.1) is 0 Å². The molecule has 0 saturated carbocycles. The predicted molar refractivity (Wildman–Crippen MR) is 104 cm³/mol. The number of amides is 1. The van der Waals surface area contributed by atoms with Gasteiger partial charge in [0.05, 0.1) is 17.8 Å². The van der Waals surface area contributed by atoms with Crippen LogP contribution in [0.3, 0.4) is 0 Å². The third kappa shape index (κ3) is 2.83. The number of halogens is 1. The fourth-order valence-corrected chi connectivity index (χ4v) is 4.07. The zero-order valence-electron chi connectivity index (χ0n) is 14.4. The largest absolute Gasteiger partial charge is 0.350 e. The van der Waals surface area contributed by atoms with Crippen molar-refractivity contribution < 1.29 is 4.79 Å². The lowest BCUT2D eigenvalue weighted by atomic mass is 10.1. The van der Waals surface area contributed by atoms with Crippen LogP contribution >= 0.6 is 22.9 Å². The van der Waals surface area contributed by atoms with Gasteiger partial charge in [0.1, 0.15) is 20.9 Å². The van der Waals surface area contributed by atoms with Crippen molar-refractivity contribution in [2.24, 2.45) is 7.05 Å². The van der Waals surface area contributed by atoms with Gasteiger partial charge in [0, 0.05) is 19.5 Å². The summed E-state index contributed by atoms with van der Waals surface area (Å²) in [6.45, 7) is 3.48. The molecule has 1 atom stereocenters. The summed E-state index contributed by atoms with van der Waals surface area (Å²) in [7, 11) is 1.87. The lowest BCUT2D eigenvalue weighted by Crippen LogP contribution is -2.23. The number of carbonyl (C=O) groups excluding carboxylic acids is 1. The van der Waals surface area contributed by atoms with Crippen LogP contribution in [0.25, 0.3) is 32.0 Å². The average molecular weight is 386 g/mol. The first-order chi connectivity index (χ1) is 12.4. The molecule has 0 radical (unpaired) electrons. The van der Waals surface area contributed by atoms with E-state index in [9.17, 15) is 4.79 Å². The molecule has 132 valence electrons. The van der Waals surface area contributed by atoms with Gasteiger partial charge in [-0.1, -0.05) is 29.5 Å². The molecule has 3 heterocycles. The number of fused-ring (bicyclic) bond motifs is 3. The zero-order valence-corrected chi connectivity index (χ0v) is 16.0. The number of carbonyl (C=O) groups is 1. The Morgan fingerprint density at radius 3 is 2.92 bits per heavy atom. The van der Waals surface area contributed by atoms with E-state index in [2.05, 4.69) is 15.3 Å². The molecule has 3 aromatic heterocycles. The number of thiazole rings is 1. The summed E-state index contributed by atoms with van der Waals surface area (Å²) in [4.78, 5) is 25.7. The summed E-state index contributed by atoms with van der Waals surface area (Å²) in [5.74, 6) is -0.0532. The van der Waals surface area contributed by atoms with Crippen LogP contribution in [0, 0.1) is 0 Å². The minimum absolute atomic E-state index is 0.0532. The maximum Gasteiger partial charge on any atom is 0.217 e. The Bertz CT molecular complexity index is 1150. The highest BCUT2D eigenvalue weighted by molar-refractivity contribution is 7.21. The summed E-state index contributed by atoms with van der Waals surface area (Å²) < 4.78 is 1.82. The van der Waals surface area contributed by atoms with Crippen molar-refractivity contribution in [2.45, 2.75) is 19.9 Å². The van der Waals surface area contributed by atoms with Gasteiger partial charge in [-0.2, -0.15) is 0 Å². The van der Waals surface area contributed by atoms with Gasteiger partial charge < -0.3 is 9.88 Å². The van der Waals surface area contributed by atoms with Gasteiger partial charge in [-0.3, -0.25) is 4.79 Å². The first kappa shape index (κ1) is 16.9. The molecule has 4 aromatic rings. The van der Waals surface area contributed by atoms with Crippen molar-refractivity contribution >= 4 is 50.2 Å². The van der Waals surface area contributed by atoms with Crippen LogP contribution in [0.5, 0.6) is 0 Å². The fourth-order valence-electron chi connectivity index (χ4n) is 2.99. The van der Waals surface area contributed by atoms with E-state index in [0.717, 1.165) is 37.5 Å². The number of nitrogens with one attached hydrogen (secondary N) is 1. The number of aromatic nitrogens is 4. The predicted octanol–water partition coefficient (Wildman–Crippen LogP) is 4.10. The molecule has 0 bridgehead atoms. The van der Waals surface area contributed by atoms with Gasteiger partial charge in [0.15, 0.2) is 0 Å². The van der Waals surface area contributed by atoms with E-state index in [4.69, 9.17) is 16.6 Å². The smallest absolute Gasteiger partial charge is 0.217 e. The van der Waals surface area contributed by atoms with E-state index in [1.54, 1.807) is 6.20 Å². The molecule has 0 aliphatic heterocycles. The normalized spacial score (nSPS) is 12.6. The molecular formula is C18H16ClN5OS. The molecule has 0 aliphatic carbocycles. The second kappa shape index (κ2) is 6.34. The van der Waals surface area contributed by atoms with Crippen LogP contribution in [0.2, 0.25) is 5.28 Å². The van der Waals surface area contributed by atoms with E-state index in [1.807, 2.05) is 42.8 Å². The Labute approximate surface area is 158 Å². The molecule has 8 heteroatoms. The third-order valence-electron chi connectivity index (χ3n) is 4.26. The number of hydrogen-bond acceptors (Lipinski definition) is 5. The number of pyridine rings is 1. The summed E-state index contributed by atoms with van der Waals surface area (Å²) in [5.41, 5.74) is 4.42. The minimum Gasteiger partial charge on any atom is -0.350 e. The van der Waals surface area contributed by atoms with Gasteiger partial charge in [0.25, 0.3) is 0 Å². The Hall–Kier alpha value is -2.51. The van der Waals surface area contributed by atoms with E-state index < -0.39 is 0 Å². The highest BCUT2D eigenvalue weighted by Gasteiger charge is 2.16. The van der Waals surface area contributed by atoms with Crippen LogP contribution in [0.1, 0.15) is 25.5 Å². The number of rotatable bonds is 3. The number of hydrogen-bond donors (Lipinski definition) is 1. The lowest BCUT2D eigenvalue weighted by Gasteiger charge is -2.13. The molecule has 26 heavy (non-hydrogen) atoms.